The van der Waals surface area contributed by atoms with Crippen LogP contribution < -0.4 is 10.5 Å². The summed E-state index contributed by atoms with van der Waals surface area (Å²) in [6, 6.07) is 12.3. The van der Waals surface area contributed by atoms with Gasteiger partial charge in [0, 0.05) is 16.0 Å². The Bertz CT molecular complexity index is 868. The summed E-state index contributed by atoms with van der Waals surface area (Å²) < 4.78 is 5.22. The molecule has 0 unspecified atom stereocenters. The van der Waals surface area contributed by atoms with E-state index in [-0.39, 0.29) is 0 Å². The maximum atomic E-state index is 6.01. The molecule has 0 spiro atoms. The van der Waals surface area contributed by atoms with Gasteiger partial charge >= 0.3 is 0 Å². The van der Waals surface area contributed by atoms with Gasteiger partial charge in [0.2, 0.25) is 0 Å². The number of nitrogen functional groups attached to an aromatic ring is 1. The van der Waals surface area contributed by atoms with E-state index in [2.05, 4.69) is 39.0 Å². The number of benzene rings is 2. The molecule has 0 radical (unpaired) electrons. The lowest BCUT2D eigenvalue weighted by Gasteiger charge is -2.05. The van der Waals surface area contributed by atoms with Gasteiger partial charge in [0.05, 0.1) is 18.5 Å². The molecule has 23 heavy (non-hydrogen) atoms. The monoisotopic (exact) mass is 324 g/mol. The molecule has 0 atom stereocenters. The summed E-state index contributed by atoms with van der Waals surface area (Å²) >= 11 is 1.69. The number of hydrogen-bond acceptors (Lipinski definition) is 4. The largest absolute Gasteiger partial charge is 0.495 e. The smallest absolute Gasteiger partial charge is 0.141 e. The van der Waals surface area contributed by atoms with Crippen LogP contribution in [0.2, 0.25) is 0 Å². The van der Waals surface area contributed by atoms with Crippen LogP contribution in [-0.2, 0) is 0 Å². The fourth-order valence-corrected chi connectivity index (χ4v) is 3.48. The molecule has 4 heteroatoms. The summed E-state index contributed by atoms with van der Waals surface area (Å²) in [6.45, 7) is 6.36. The molecule has 1 heterocycles. The van der Waals surface area contributed by atoms with E-state index >= 15 is 0 Å². The van der Waals surface area contributed by atoms with Crippen LogP contribution in [0, 0.1) is 20.8 Å². The van der Waals surface area contributed by atoms with Crippen LogP contribution in [0.1, 0.15) is 16.0 Å². The summed E-state index contributed by atoms with van der Waals surface area (Å²) in [5.41, 5.74) is 12.4. The van der Waals surface area contributed by atoms with Crippen molar-refractivity contribution < 1.29 is 4.74 Å². The fourth-order valence-electron chi connectivity index (χ4n) is 2.54. The molecule has 3 aromatic rings. The molecule has 0 saturated heterocycles. The van der Waals surface area contributed by atoms with Crippen LogP contribution in [0.15, 0.2) is 36.4 Å². The van der Waals surface area contributed by atoms with Gasteiger partial charge in [-0.15, -0.1) is 11.3 Å². The van der Waals surface area contributed by atoms with Crippen LogP contribution in [0.25, 0.3) is 21.8 Å². The van der Waals surface area contributed by atoms with Gasteiger partial charge in [0.25, 0.3) is 0 Å². The fraction of sp³-hybridized carbons (Fsp3) is 0.211. The number of methoxy groups -OCH3 is 1. The van der Waals surface area contributed by atoms with Gasteiger partial charge in [0.15, 0.2) is 0 Å². The minimum Gasteiger partial charge on any atom is -0.495 e. The number of ether oxygens (including phenoxy) is 1. The topological polar surface area (TPSA) is 48.1 Å². The Balaban J connectivity index is 2.04. The number of aromatic nitrogens is 1. The number of anilines is 1. The highest BCUT2D eigenvalue weighted by molar-refractivity contribution is 7.15. The molecule has 1 aromatic heterocycles. The Kier molecular flexibility index (Phi) is 4.09. The number of nitrogens with zero attached hydrogens (tertiary/aromatic N) is 1. The van der Waals surface area contributed by atoms with Crippen molar-refractivity contribution in [1.29, 1.82) is 0 Å². The van der Waals surface area contributed by atoms with Crippen LogP contribution in [-0.4, -0.2) is 12.1 Å². The summed E-state index contributed by atoms with van der Waals surface area (Å²) in [6.07, 6.45) is 0. The molecule has 0 amide bonds. The third-order valence-corrected chi connectivity index (χ3v) is 5.07. The molecular weight excluding hydrogens is 304 g/mol. The van der Waals surface area contributed by atoms with Crippen molar-refractivity contribution >= 4 is 17.0 Å². The lowest BCUT2D eigenvalue weighted by Crippen LogP contribution is -1.92. The molecule has 2 N–H and O–H groups in total. The minimum absolute atomic E-state index is 0.630. The van der Waals surface area contributed by atoms with E-state index in [9.17, 15) is 0 Å². The van der Waals surface area contributed by atoms with Gasteiger partial charge in [-0.3, -0.25) is 0 Å². The van der Waals surface area contributed by atoms with Gasteiger partial charge < -0.3 is 10.5 Å². The van der Waals surface area contributed by atoms with Crippen molar-refractivity contribution in [3.63, 3.8) is 0 Å². The molecule has 0 fully saturated rings. The van der Waals surface area contributed by atoms with Crippen molar-refractivity contribution in [2.75, 3.05) is 12.8 Å². The first-order valence-corrected chi connectivity index (χ1v) is 8.30. The standard InChI is InChI=1S/C19H20N2OS/c1-11-5-6-14(9-12(11)2)18-13(3)23-19(21-18)15-7-8-17(22-4)16(20)10-15/h5-10H,20H2,1-4H3. The maximum absolute atomic E-state index is 6.01. The SMILES string of the molecule is COc1ccc(-c2nc(-c3ccc(C)c(C)c3)c(C)s2)cc1N. The molecule has 2 aromatic carbocycles. The molecule has 3 nitrogen and oxygen atoms in total. The number of rotatable bonds is 3. The van der Waals surface area contributed by atoms with Crippen LogP contribution in [0.5, 0.6) is 5.75 Å². The zero-order chi connectivity index (χ0) is 16.6. The third kappa shape index (κ3) is 2.94. The Hall–Kier alpha value is -2.33. The van der Waals surface area contributed by atoms with E-state index in [1.54, 1.807) is 18.4 Å². The van der Waals surface area contributed by atoms with Crippen LogP contribution >= 0.6 is 11.3 Å². The van der Waals surface area contributed by atoms with E-state index in [0.717, 1.165) is 21.8 Å². The Labute approximate surface area is 140 Å². The van der Waals surface area contributed by atoms with E-state index in [1.165, 1.54) is 16.0 Å². The van der Waals surface area contributed by atoms with E-state index < -0.39 is 0 Å². The third-order valence-electron chi connectivity index (χ3n) is 4.05. The van der Waals surface area contributed by atoms with Crippen LogP contribution in [0.4, 0.5) is 5.69 Å². The van der Waals surface area contributed by atoms with E-state index in [1.807, 2.05) is 18.2 Å². The number of nitrogens with two attached hydrogens (primary N) is 1. The first-order valence-electron chi connectivity index (χ1n) is 7.48. The van der Waals surface area contributed by atoms with Gasteiger partial charge in [-0.1, -0.05) is 12.1 Å². The first-order chi connectivity index (χ1) is 11.0. The summed E-state index contributed by atoms with van der Waals surface area (Å²) in [7, 11) is 1.62. The summed E-state index contributed by atoms with van der Waals surface area (Å²) in [5.74, 6) is 0.691. The summed E-state index contributed by atoms with van der Waals surface area (Å²) in [5, 5.41) is 0.977. The maximum Gasteiger partial charge on any atom is 0.141 e. The second-order valence-electron chi connectivity index (χ2n) is 5.68. The normalized spacial score (nSPS) is 10.8. The van der Waals surface area contributed by atoms with Gasteiger partial charge in [-0.2, -0.15) is 0 Å². The van der Waals surface area contributed by atoms with Crippen molar-refractivity contribution in [2.45, 2.75) is 20.8 Å². The van der Waals surface area contributed by atoms with Crippen LogP contribution in [0.3, 0.4) is 0 Å². The van der Waals surface area contributed by atoms with Gasteiger partial charge in [-0.25, -0.2) is 4.98 Å². The molecule has 0 aliphatic carbocycles. The van der Waals surface area contributed by atoms with E-state index in [0.29, 0.717) is 11.4 Å². The Morgan fingerprint density at radius 3 is 2.35 bits per heavy atom. The highest BCUT2D eigenvalue weighted by Crippen LogP contribution is 2.36. The molecule has 118 valence electrons. The predicted octanol–water partition coefficient (Wildman–Crippen LogP) is 4.99. The number of hydrogen-bond donors (Lipinski definition) is 1. The molecule has 3 rings (SSSR count). The Morgan fingerprint density at radius 1 is 0.957 bits per heavy atom. The van der Waals surface area contributed by atoms with Crippen molar-refractivity contribution in [3.8, 4) is 27.6 Å². The average molecular weight is 324 g/mol. The first kappa shape index (κ1) is 15.6. The van der Waals surface area contributed by atoms with Crippen molar-refractivity contribution in [2.24, 2.45) is 0 Å². The average Bonchev–Trinajstić information content (AvgIpc) is 2.92. The van der Waals surface area contributed by atoms with Gasteiger partial charge in [-0.05, 0) is 56.2 Å². The minimum atomic E-state index is 0.630. The lowest BCUT2D eigenvalue weighted by molar-refractivity contribution is 0.417. The zero-order valence-electron chi connectivity index (χ0n) is 13.8. The lowest BCUT2D eigenvalue weighted by atomic mass is 10.0. The van der Waals surface area contributed by atoms with Crippen molar-refractivity contribution in [3.05, 3.63) is 52.4 Å². The molecular formula is C19H20N2OS. The predicted molar refractivity (Wildman–Crippen MR) is 98.2 cm³/mol. The summed E-state index contributed by atoms with van der Waals surface area (Å²) in [4.78, 5) is 6.05. The second kappa shape index (κ2) is 6.05. The Morgan fingerprint density at radius 2 is 1.70 bits per heavy atom. The molecule has 0 aliphatic rings. The number of thiazole rings is 1. The number of aryl methyl sites for hydroxylation is 3. The highest BCUT2D eigenvalue weighted by Gasteiger charge is 2.13. The van der Waals surface area contributed by atoms with Gasteiger partial charge in [0.1, 0.15) is 10.8 Å². The van der Waals surface area contributed by atoms with Crippen molar-refractivity contribution in [1.82, 2.24) is 4.98 Å². The highest BCUT2D eigenvalue weighted by atomic mass is 32.1. The molecule has 0 aliphatic heterocycles. The molecule has 0 saturated carbocycles. The molecule has 0 bridgehead atoms. The quantitative estimate of drug-likeness (QED) is 0.690. The zero-order valence-corrected chi connectivity index (χ0v) is 14.6. The van der Waals surface area contributed by atoms with E-state index in [4.69, 9.17) is 15.5 Å². The second-order valence-corrected chi connectivity index (χ2v) is 6.88.